The number of nitrogens with zero attached hydrogens (tertiary/aromatic N) is 4. The molecule has 0 amide bonds. The zero-order valence-electron chi connectivity index (χ0n) is 11.2. The standard InChI is InChI=1S/C12H17ClN6O/c1-2-15-5-7-3-4-8(20-7)19-6-16-9-10(14)17-12(13)18-11(9)19/h6-8,15H,2-5H2,1H3,(H2,14,17,18). The number of ether oxygens (including phenoxy) is 1. The van der Waals surface area contributed by atoms with Crippen LogP contribution in [0.3, 0.4) is 0 Å². The molecule has 2 atom stereocenters. The highest BCUT2D eigenvalue weighted by Gasteiger charge is 2.28. The van der Waals surface area contributed by atoms with E-state index in [1.165, 1.54) is 0 Å². The first-order valence-electron chi connectivity index (χ1n) is 6.70. The molecule has 2 aromatic heterocycles. The Morgan fingerprint density at radius 2 is 2.35 bits per heavy atom. The van der Waals surface area contributed by atoms with Gasteiger partial charge in [0.05, 0.1) is 12.4 Å². The van der Waals surface area contributed by atoms with Crippen LogP contribution in [0, 0.1) is 0 Å². The topological polar surface area (TPSA) is 90.9 Å². The van der Waals surface area contributed by atoms with Crippen LogP contribution in [0.4, 0.5) is 5.82 Å². The van der Waals surface area contributed by atoms with Gasteiger partial charge >= 0.3 is 0 Å². The average Bonchev–Trinajstić information content (AvgIpc) is 3.02. The van der Waals surface area contributed by atoms with Crippen LogP contribution >= 0.6 is 11.6 Å². The molecular weight excluding hydrogens is 280 g/mol. The molecule has 108 valence electrons. The summed E-state index contributed by atoms with van der Waals surface area (Å²) in [5.74, 6) is 0.293. The number of anilines is 1. The highest BCUT2D eigenvalue weighted by molar-refractivity contribution is 6.28. The summed E-state index contributed by atoms with van der Waals surface area (Å²) in [5, 5.41) is 3.42. The lowest BCUT2D eigenvalue weighted by molar-refractivity contribution is 0.00518. The second-order valence-electron chi connectivity index (χ2n) is 4.80. The molecule has 0 aromatic carbocycles. The molecule has 0 spiro atoms. The van der Waals surface area contributed by atoms with Gasteiger partial charge in [0, 0.05) is 6.54 Å². The van der Waals surface area contributed by atoms with Crippen LogP contribution in [-0.4, -0.2) is 38.7 Å². The van der Waals surface area contributed by atoms with E-state index in [1.54, 1.807) is 6.33 Å². The Labute approximate surface area is 121 Å². The number of hydrogen-bond acceptors (Lipinski definition) is 6. The van der Waals surface area contributed by atoms with E-state index in [-0.39, 0.29) is 17.6 Å². The smallest absolute Gasteiger partial charge is 0.226 e. The van der Waals surface area contributed by atoms with Gasteiger partial charge in [-0.25, -0.2) is 4.98 Å². The molecule has 2 aromatic rings. The van der Waals surface area contributed by atoms with Crippen molar-refractivity contribution in [3.63, 3.8) is 0 Å². The lowest BCUT2D eigenvalue weighted by Crippen LogP contribution is -2.26. The van der Waals surface area contributed by atoms with Gasteiger partial charge in [-0.3, -0.25) is 4.57 Å². The monoisotopic (exact) mass is 296 g/mol. The van der Waals surface area contributed by atoms with Crippen molar-refractivity contribution in [2.75, 3.05) is 18.8 Å². The molecule has 1 aliphatic rings. The summed E-state index contributed by atoms with van der Waals surface area (Å²) in [4.78, 5) is 12.4. The second kappa shape index (κ2) is 5.51. The van der Waals surface area contributed by atoms with E-state index in [1.807, 2.05) is 4.57 Å². The van der Waals surface area contributed by atoms with Crippen LogP contribution < -0.4 is 11.1 Å². The van der Waals surface area contributed by atoms with Gasteiger partial charge in [-0.2, -0.15) is 9.97 Å². The molecule has 2 unspecified atom stereocenters. The summed E-state index contributed by atoms with van der Waals surface area (Å²) in [5.41, 5.74) is 6.98. The zero-order valence-corrected chi connectivity index (χ0v) is 12.0. The van der Waals surface area contributed by atoms with Gasteiger partial charge in [-0.05, 0) is 31.0 Å². The summed E-state index contributed by atoms with van der Waals surface area (Å²) in [6.07, 6.45) is 3.75. The summed E-state index contributed by atoms with van der Waals surface area (Å²) in [6, 6.07) is 0. The van der Waals surface area contributed by atoms with Gasteiger partial charge < -0.3 is 15.8 Å². The minimum atomic E-state index is -0.0750. The summed E-state index contributed by atoms with van der Waals surface area (Å²) in [6.45, 7) is 3.88. The van der Waals surface area contributed by atoms with Crippen LogP contribution in [0.5, 0.6) is 0 Å². The van der Waals surface area contributed by atoms with Crippen molar-refractivity contribution in [2.45, 2.75) is 32.1 Å². The molecule has 3 N–H and O–H groups in total. The Kier molecular flexibility index (Phi) is 3.73. The number of nitrogens with two attached hydrogens (primary N) is 1. The second-order valence-corrected chi connectivity index (χ2v) is 5.14. The maximum absolute atomic E-state index is 6.01. The largest absolute Gasteiger partial charge is 0.382 e. The SMILES string of the molecule is CCNCC1CCC(n2cnc3c(N)nc(Cl)nc32)O1. The van der Waals surface area contributed by atoms with Gasteiger partial charge in [0.15, 0.2) is 11.5 Å². The van der Waals surface area contributed by atoms with Crippen molar-refractivity contribution in [1.82, 2.24) is 24.8 Å². The fourth-order valence-corrected chi connectivity index (χ4v) is 2.64. The predicted molar refractivity (Wildman–Crippen MR) is 76.4 cm³/mol. The fourth-order valence-electron chi connectivity index (χ4n) is 2.47. The molecule has 1 fully saturated rings. The number of likely N-dealkylation sites (N-methyl/N-ethyl adjacent to an activating group) is 1. The average molecular weight is 297 g/mol. The summed E-state index contributed by atoms with van der Waals surface area (Å²) in [7, 11) is 0. The van der Waals surface area contributed by atoms with Crippen molar-refractivity contribution >= 4 is 28.6 Å². The third-order valence-electron chi connectivity index (χ3n) is 3.44. The van der Waals surface area contributed by atoms with Gasteiger partial charge in [0.1, 0.15) is 11.7 Å². The van der Waals surface area contributed by atoms with E-state index in [9.17, 15) is 0 Å². The van der Waals surface area contributed by atoms with Crippen LogP contribution in [-0.2, 0) is 4.74 Å². The molecule has 0 radical (unpaired) electrons. The van der Waals surface area contributed by atoms with Crippen LogP contribution in [0.15, 0.2) is 6.33 Å². The molecule has 3 rings (SSSR count). The Morgan fingerprint density at radius 1 is 1.50 bits per heavy atom. The van der Waals surface area contributed by atoms with E-state index in [0.29, 0.717) is 17.0 Å². The first-order chi connectivity index (χ1) is 9.69. The number of nitrogen functional groups attached to an aromatic ring is 1. The van der Waals surface area contributed by atoms with Crippen molar-refractivity contribution in [3.05, 3.63) is 11.6 Å². The Hall–Kier alpha value is -1.44. The highest BCUT2D eigenvalue weighted by atomic mass is 35.5. The molecule has 3 heterocycles. The molecule has 8 heteroatoms. The number of rotatable bonds is 4. The molecule has 1 saturated heterocycles. The van der Waals surface area contributed by atoms with Crippen molar-refractivity contribution in [2.24, 2.45) is 0 Å². The van der Waals surface area contributed by atoms with Crippen LogP contribution in [0.25, 0.3) is 11.2 Å². The summed E-state index contributed by atoms with van der Waals surface area (Å²) < 4.78 is 7.89. The van der Waals surface area contributed by atoms with E-state index in [0.717, 1.165) is 25.9 Å². The maximum Gasteiger partial charge on any atom is 0.226 e. The molecule has 0 bridgehead atoms. The minimum Gasteiger partial charge on any atom is -0.382 e. The Balaban J connectivity index is 1.85. The maximum atomic E-state index is 6.01. The molecule has 7 nitrogen and oxygen atoms in total. The Morgan fingerprint density at radius 3 is 3.15 bits per heavy atom. The highest BCUT2D eigenvalue weighted by Crippen LogP contribution is 2.31. The quantitative estimate of drug-likeness (QED) is 0.828. The van der Waals surface area contributed by atoms with Gasteiger partial charge in [-0.15, -0.1) is 0 Å². The lowest BCUT2D eigenvalue weighted by Gasteiger charge is -2.15. The zero-order chi connectivity index (χ0) is 14.1. The molecule has 20 heavy (non-hydrogen) atoms. The number of hydrogen-bond donors (Lipinski definition) is 2. The van der Waals surface area contributed by atoms with Crippen molar-refractivity contribution < 1.29 is 4.74 Å². The predicted octanol–water partition coefficient (Wildman–Crippen LogP) is 1.35. The van der Waals surface area contributed by atoms with Gasteiger partial charge in [-0.1, -0.05) is 6.92 Å². The lowest BCUT2D eigenvalue weighted by atomic mass is 10.2. The molecule has 1 aliphatic heterocycles. The summed E-state index contributed by atoms with van der Waals surface area (Å²) >= 11 is 5.86. The first-order valence-corrected chi connectivity index (χ1v) is 7.08. The van der Waals surface area contributed by atoms with E-state index < -0.39 is 0 Å². The van der Waals surface area contributed by atoms with Crippen molar-refractivity contribution in [1.29, 1.82) is 0 Å². The number of nitrogens with one attached hydrogen (secondary N) is 1. The molecule has 0 saturated carbocycles. The van der Waals surface area contributed by atoms with Crippen LogP contribution in [0.2, 0.25) is 5.28 Å². The van der Waals surface area contributed by atoms with Gasteiger partial charge in [0.2, 0.25) is 5.28 Å². The third kappa shape index (κ3) is 2.44. The number of imidazole rings is 1. The number of fused-ring (bicyclic) bond motifs is 1. The van der Waals surface area contributed by atoms with Crippen molar-refractivity contribution in [3.8, 4) is 0 Å². The Bertz CT molecular complexity index is 615. The van der Waals surface area contributed by atoms with E-state index >= 15 is 0 Å². The normalized spacial score (nSPS) is 22.7. The molecular formula is C12H17ClN6O. The van der Waals surface area contributed by atoms with Crippen LogP contribution in [0.1, 0.15) is 26.0 Å². The number of aromatic nitrogens is 4. The first kappa shape index (κ1) is 13.5. The number of halogens is 1. The van der Waals surface area contributed by atoms with E-state index in [4.69, 9.17) is 22.1 Å². The molecule has 0 aliphatic carbocycles. The fraction of sp³-hybridized carbons (Fsp3) is 0.583. The third-order valence-corrected chi connectivity index (χ3v) is 3.61. The minimum absolute atomic E-state index is 0.0750. The van der Waals surface area contributed by atoms with Gasteiger partial charge in [0.25, 0.3) is 0 Å². The van der Waals surface area contributed by atoms with E-state index in [2.05, 4.69) is 27.2 Å².